The van der Waals surface area contributed by atoms with E-state index in [2.05, 4.69) is 47.7 Å². The molecule has 3 N–H and O–H groups in total. The zero-order valence-electron chi connectivity index (χ0n) is 14.1. The largest absolute Gasteiger partial charge is 0.358 e. The van der Waals surface area contributed by atoms with Crippen molar-refractivity contribution in [2.24, 2.45) is 5.92 Å². The van der Waals surface area contributed by atoms with Crippen molar-refractivity contribution in [3.05, 3.63) is 35.5 Å². The molecule has 3 rings (SSSR count). The Morgan fingerprint density at radius 1 is 1.26 bits per heavy atom. The molecule has 0 aliphatic heterocycles. The number of aromatic nitrogens is 1. The van der Waals surface area contributed by atoms with Gasteiger partial charge in [-0.25, -0.2) is 4.79 Å². The first-order valence-corrected chi connectivity index (χ1v) is 8.75. The van der Waals surface area contributed by atoms with Gasteiger partial charge in [-0.1, -0.05) is 38.0 Å². The monoisotopic (exact) mass is 313 g/mol. The van der Waals surface area contributed by atoms with Crippen molar-refractivity contribution in [1.82, 2.24) is 15.6 Å². The minimum Gasteiger partial charge on any atom is -0.358 e. The summed E-state index contributed by atoms with van der Waals surface area (Å²) in [6.45, 7) is 4.99. The van der Waals surface area contributed by atoms with Gasteiger partial charge in [0, 0.05) is 29.2 Å². The van der Waals surface area contributed by atoms with Gasteiger partial charge in [0.1, 0.15) is 0 Å². The van der Waals surface area contributed by atoms with E-state index in [1.807, 2.05) is 6.07 Å². The molecule has 0 radical (unpaired) electrons. The van der Waals surface area contributed by atoms with Gasteiger partial charge in [-0.15, -0.1) is 0 Å². The van der Waals surface area contributed by atoms with Crippen LogP contribution < -0.4 is 10.6 Å². The molecular formula is C19H27N3O. The maximum absolute atomic E-state index is 12.1. The van der Waals surface area contributed by atoms with E-state index in [1.54, 1.807) is 0 Å². The molecule has 1 fully saturated rings. The van der Waals surface area contributed by atoms with Gasteiger partial charge in [0.25, 0.3) is 0 Å². The van der Waals surface area contributed by atoms with Crippen molar-refractivity contribution in [1.29, 1.82) is 0 Å². The summed E-state index contributed by atoms with van der Waals surface area (Å²) in [7, 11) is 0. The predicted octanol–water partition coefficient (Wildman–Crippen LogP) is 3.90. The highest BCUT2D eigenvalue weighted by Gasteiger charge is 2.22. The third kappa shape index (κ3) is 3.69. The molecule has 1 heterocycles. The summed E-state index contributed by atoms with van der Waals surface area (Å²) in [6.07, 6.45) is 5.70. The molecule has 0 saturated heterocycles. The Morgan fingerprint density at radius 2 is 2.04 bits per heavy atom. The molecule has 124 valence electrons. The van der Waals surface area contributed by atoms with Crippen LogP contribution >= 0.6 is 0 Å². The Hall–Kier alpha value is -1.97. The van der Waals surface area contributed by atoms with Gasteiger partial charge in [0.2, 0.25) is 0 Å². The van der Waals surface area contributed by atoms with Crippen LogP contribution in [0.3, 0.4) is 0 Å². The summed E-state index contributed by atoms with van der Waals surface area (Å²) in [6, 6.07) is 8.64. The third-order valence-electron chi connectivity index (χ3n) is 5.12. The molecule has 4 heteroatoms. The van der Waals surface area contributed by atoms with E-state index in [1.165, 1.54) is 41.4 Å². The molecule has 1 aromatic carbocycles. The number of carbonyl (C=O) groups excluding carboxylic acids is 1. The normalized spacial score (nSPS) is 21.3. The summed E-state index contributed by atoms with van der Waals surface area (Å²) in [5.41, 5.74) is 3.65. The van der Waals surface area contributed by atoms with Crippen LogP contribution in [0.2, 0.25) is 0 Å². The molecule has 23 heavy (non-hydrogen) atoms. The number of fused-ring (bicyclic) bond motifs is 1. The lowest BCUT2D eigenvalue weighted by molar-refractivity contribution is 0.222. The van der Waals surface area contributed by atoms with E-state index in [9.17, 15) is 4.79 Å². The van der Waals surface area contributed by atoms with Crippen LogP contribution in [0.5, 0.6) is 0 Å². The van der Waals surface area contributed by atoms with Gasteiger partial charge in [0.05, 0.1) is 0 Å². The van der Waals surface area contributed by atoms with Gasteiger partial charge in [-0.2, -0.15) is 0 Å². The van der Waals surface area contributed by atoms with E-state index in [4.69, 9.17) is 0 Å². The molecule has 0 spiro atoms. The number of hydrogen-bond donors (Lipinski definition) is 3. The highest BCUT2D eigenvalue weighted by Crippen LogP contribution is 2.24. The van der Waals surface area contributed by atoms with E-state index in [-0.39, 0.29) is 6.03 Å². The van der Waals surface area contributed by atoms with Crippen molar-refractivity contribution in [3.8, 4) is 0 Å². The number of benzene rings is 1. The summed E-state index contributed by atoms with van der Waals surface area (Å²) in [5.74, 6) is 0.588. The first-order chi connectivity index (χ1) is 11.1. The molecule has 2 unspecified atom stereocenters. The summed E-state index contributed by atoms with van der Waals surface area (Å²) in [4.78, 5) is 15.5. The van der Waals surface area contributed by atoms with Gasteiger partial charge >= 0.3 is 6.03 Å². The predicted molar refractivity (Wildman–Crippen MR) is 94.7 cm³/mol. The maximum Gasteiger partial charge on any atom is 0.315 e. The topological polar surface area (TPSA) is 56.9 Å². The summed E-state index contributed by atoms with van der Waals surface area (Å²) in [5, 5.41) is 7.42. The quantitative estimate of drug-likeness (QED) is 0.788. The van der Waals surface area contributed by atoms with Crippen molar-refractivity contribution in [2.75, 3.05) is 6.54 Å². The molecule has 2 atom stereocenters. The Labute approximate surface area is 138 Å². The smallest absolute Gasteiger partial charge is 0.315 e. The van der Waals surface area contributed by atoms with Crippen LogP contribution in [0.25, 0.3) is 10.9 Å². The van der Waals surface area contributed by atoms with Crippen LogP contribution in [0, 0.1) is 12.8 Å². The van der Waals surface area contributed by atoms with Crippen molar-refractivity contribution in [2.45, 2.75) is 52.0 Å². The SMILES string of the molecule is Cc1[nH]c2ccccc2c1CCNC(=O)NC1CCCCC1C. The van der Waals surface area contributed by atoms with Crippen LogP contribution in [-0.2, 0) is 6.42 Å². The van der Waals surface area contributed by atoms with Crippen molar-refractivity contribution >= 4 is 16.9 Å². The molecule has 1 saturated carbocycles. The number of amides is 2. The number of para-hydroxylation sites is 1. The lowest BCUT2D eigenvalue weighted by Gasteiger charge is -2.29. The number of carbonyl (C=O) groups is 1. The van der Waals surface area contributed by atoms with Crippen LogP contribution in [0.4, 0.5) is 4.79 Å². The third-order valence-corrected chi connectivity index (χ3v) is 5.12. The van der Waals surface area contributed by atoms with Gasteiger partial charge in [-0.3, -0.25) is 0 Å². The maximum atomic E-state index is 12.1. The van der Waals surface area contributed by atoms with Crippen LogP contribution in [0.1, 0.15) is 43.9 Å². The van der Waals surface area contributed by atoms with Gasteiger partial charge in [0.15, 0.2) is 0 Å². The number of H-pyrrole nitrogens is 1. The second-order valence-corrected chi connectivity index (χ2v) is 6.79. The molecule has 1 aliphatic carbocycles. The molecule has 2 amide bonds. The number of aromatic amines is 1. The fourth-order valence-corrected chi connectivity index (χ4v) is 3.71. The minimum absolute atomic E-state index is 0.0266. The Morgan fingerprint density at radius 3 is 2.87 bits per heavy atom. The fraction of sp³-hybridized carbons (Fsp3) is 0.526. The number of hydrogen-bond acceptors (Lipinski definition) is 1. The Bertz CT molecular complexity index is 676. The van der Waals surface area contributed by atoms with Crippen molar-refractivity contribution < 1.29 is 4.79 Å². The lowest BCUT2D eigenvalue weighted by atomic mass is 9.86. The average molecular weight is 313 g/mol. The zero-order valence-corrected chi connectivity index (χ0v) is 14.1. The number of aryl methyl sites for hydroxylation is 1. The minimum atomic E-state index is -0.0266. The fourth-order valence-electron chi connectivity index (χ4n) is 3.71. The standard InChI is InChI=1S/C19H27N3O/c1-13-7-3-5-9-17(13)22-19(23)20-12-11-15-14(2)21-18-10-6-4-8-16(15)18/h4,6,8,10,13,17,21H,3,5,7,9,11-12H2,1-2H3,(H2,20,22,23). The molecule has 0 bridgehead atoms. The molecule has 2 aromatic rings. The number of rotatable bonds is 4. The second-order valence-electron chi connectivity index (χ2n) is 6.79. The van der Waals surface area contributed by atoms with E-state index in [0.29, 0.717) is 18.5 Å². The lowest BCUT2D eigenvalue weighted by Crippen LogP contribution is -2.46. The Kier molecular flexibility index (Phi) is 4.89. The molecule has 4 nitrogen and oxygen atoms in total. The van der Waals surface area contributed by atoms with E-state index < -0.39 is 0 Å². The first-order valence-electron chi connectivity index (χ1n) is 8.75. The van der Waals surface area contributed by atoms with Crippen LogP contribution in [-0.4, -0.2) is 23.6 Å². The van der Waals surface area contributed by atoms with E-state index in [0.717, 1.165) is 12.8 Å². The average Bonchev–Trinajstić information content (AvgIpc) is 2.86. The van der Waals surface area contributed by atoms with Crippen molar-refractivity contribution in [3.63, 3.8) is 0 Å². The highest BCUT2D eigenvalue weighted by molar-refractivity contribution is 5.84. The zero-order chi connectivity index (χ0) is 16.2. The van der Waals surface area contributed by atoms with Gasteiger partial charge in [-0.05, 0) is 43.7 Å². The van der Waals surface area contributed by atoms with E-state index >= 15 is 0 Å². The molecular weight excluding hydrogens is 286 g/mol. The highest BCUT2D eigenvalue weighted by atomic mass is 16.2. The first kappa shape index (κ1) is 15.9. The van der Waals surface area contributed by atoms with Crippen LogP contribution in [0.15, 0.2) is 24.3 Å². The Balaban J connectivity index is 1.52. The number of urea groups is 1. The molecule has 1 aliphatic rings. The second kappa shape index (κ2) is 7.07. The number of nitrogens with one attached hydrogen (secondary N) is 3. The summed E-state index contributed by atoms with van der Waals surface area (Å²) < 4.78 is 0. The summed E-state index contributed by atoms with van der Waals surface area (Å²) >= 11 is 0. The molecule has 1 aromatic heterocycles. The van der Waals surface area contributed by atoms with Gasteiger partial charge < -0.3 is 15.6 Å².